The van der Waals surface area contributed by atoms with Gasteiger partial charge in [0.25, 0.3) is 0 Å². The highest BCUT2D eigenvalue weighted by Crippen LogP contribution is 2.24. The first-order valence-corrected chi connectivity index (χ1v) is 6.97. The molecule has 0 radical (unpaired) electrons. The van der Waals surface area contributed by atoms with Crippen LogP contribution in [0.2, 0.25) is 0 Å². The summed E-state index contributed by atoms with van der Waals surface area (Å²) in [6.07, 6.45) is 7.27. The van der Waals surface area contributed by atoms with Crippen molar-refractivity contribution >= 4 is 0 Å². The molecule has 2 nitrogen and oxygen atoms in total. The predicted octanol–water partition coefficient (Wildman–Crippen LogP) is 2.89. The Bertz CT molecular complexity index is 183. The fourth-order valence-electron chi connectivity index (χ4n) is 3.08. The quantitative estimate of drug-likeness (QED) is 0.749. The summed E-state index contributed by atoms with van der Waals surface area (Å²) >= 11 is 0. The van der Waals surface area contributed by atoms with Crippen molar-refractivity contribution in [2.75, 3.05) is 26.7 Å². The third kappa shape index (κ3) is 5.31. The van der Waals surface area contributed by atoms with E-state index >= 15 is 0 Å². The van der Waals surface area contributed by atoms with Gasteiger partial charge < -0.3 is 10.2 Å². The van der Waals surface area contributed by atoms with Gasteiger partial charge in [-0.3, -0.25) is 0 Å². The highest BCUT2D eigenvalue weighted by atomic mass is 15.1. The maximum Gasteiger partial charge on any atom is 0.0251 e. The van der Waals surface area contributed by atoms with Crippen LogP contribution >= 0.6 is 0 Å². The van der Waals surface area contributed by atoms with Gasteiger partial charge in [-0.05, 0) is 46.2 Å². The number of nitrogens with zero attached hydrogens (tertiary/aromatic N) is 1. The summed E-state index contributed by atoms with van der Waals surface area (Å²) in [5.41, 5.74) is 0.248. The van der Waals surface area contributed by atoms with Crippen molar-refractivity contribution < 1.29 is 0 Å². The van der Waals surface area contributed by atoms with Crippen LogP contribution in [-0.2, 0) is 0 Å². The molecule has 0 bridgehead atoms. The minimum atomic E-state index is 0.248. The topological polar surface area (TPSA) is 15.3 Å². The fourth-order valence-corrected chi connectivity index (χ4v) is 3.08. The highest BCUT2D eigenvalue weighted by molar-refractivity contribution is 4.81. The summed E-state index contributed by atoms with van der Waals surface area (Å²) in [6, 6.07) is 0. The first-order valence-electron chi connectivity index (χ1n) is 6.97. The number of hydrogen-bond acceptors (Lipinski definition) is 2. The molecule has 0 aliphatic heterocycles. The Balaban J connectivity index is 2.25. The smallest absolute Gasteiger partial charge is 0.0251 e. The lowest BCUT2D eigenvalue weighted by Crippen LogP contribution is -2.48. The first kappa shape index (κ1) is 14.0. The Morgan fingerprint density at radius 1 is 1.19 bits per heavy atom. The van der Waals surface area contributed by atoms with Crippen LogP contribution in [0, 0.1) is 5.92 Å². The summed E-state index contributed by atoms with van der Waals surface area (Å²) in [5, 5.41) is 3.55. The van der Waals surface area contributed by atoms with E-state index in [4.69, 9.17) is 0 Å². The Morgan fingerprint density at radius 2 is 1.81 bits per heavy atom. The molecule has 0 aromatic carbocycles. The maximum atomic E-state index is 3.55. The van der Waals surface area contributed by atoms with E-state index in [9.17, 15) is 0 Å². The summed E-state index contributed by atoms with van der Waals surface area (Å²) in [6.45, 7) is 10.3. The van der Waals surface area contributed by atoms with Gasteiger partial charge in [0, 0.05) is 18.6 Å². The van der Waals surface area contributed by atoms with Crippen LogP contribution in [0.3, 0.4) is 0 Å². The summed E-state index contributed by atoms with van der Waals surface area (Å²) in [4.78, 5) is 2.51. The van der Waals surface area contributed by atoms with E-state index in [0.29, 0.717) is 0 Å². The molecule has 96 valence electrons. The Morgan fingerprint density at radius 3 is 2.38 bits per heavy atom. The van der Waals surface area contributed by atoms with Gasteiger partial charge in [-0.1, -0.05) is 26.2 Å². The van der Waals surface area contributed by atoms with E-state index in [2.05, 4.69) is 38.0 Å². The molecule has 0 spiro atoms. The molecule has 0 aromatic heterocycles. The van der Waals surface area contributed by atoms with Crippen LogP contribution in [0.1, 0.15) is 52.9 Å². The van der Waals surface area contributed by atoms with Gasteiger partial charge in [-0.25, -0.2) is 0 Å². The van der Waals surface area contributed by atoms with E-state index in [1.165, 1.54) is 38.6 Å². The van der Waals surface area contributed by atoms with Crippen molar-refractivity contribution in [3.05, 3.63) is 0 Å². The molecule has 1 saturated carbocycles. The van der Waals surface area contributed by atoms with Crippen molar-refractivity contribution in [2.24, 2.45) is 5.92 Å². The SMILES string of the molecule is CCNC(C)(C)CN(C)CC1CCCCC1. The average molecular weight is 226 g/mol. The maximum absolute atomic E-state index is 3.55. The summed E-state index contributed by atoms with van der Waals surface area (Å²) < 4.78 is 0. The molecular formula is C14H30N2. The lowest BCUT2D eigenvalue weighted by Gasteiger charge is -2.34. The molecule has 1 rings (SSSR count). The standard InChI is InChI=1S/C14H30N2/c1-5-15-14(2,3)12-16(4)11-13-9-7-6-8-10-13/h13,15H,5-12H2,1-4H3. The van der Waals surface area contributed by atoms with E-state index in [-0.39, 0.29) is 5.54 Å². The molecule has 1 aliphatic rings. The van der Waals surface area contributed by atoms with Crippen LogP contribution in [0.5, 0.6) is 0 Å². The fraction of sp³-hybridized carbons (Fsp3) is 1.00. The third-order valence-electron chi connectivity index (χ3n) is 3.62. The molecule has 1 fully saturated rings. The van der Waals surface area contributed by atoms with Crippen LogP contribution in [0.15, 0.2) is 0 Å². The number of likely N-dealkylation sites (N-methyl/N-ethyl adjacent to an activating group) is 2. The molecule has 0 aromatic rings. The van der Waals surface area contributed by atoms with Crippen LogP contribution in [-0.4, -0.2) is 37.1 Å². The van der Waals surface area contributed by atoms with Gasteiger partial charge in [0.2, 0.25) is 0 Å². The second-order valence-electron chi connectivity index (χ2n) is 6.11. The monoisotopic (exact) mass is 226 g/mol. The minimum absolute atomic E-state index is 0.248. The summed E-state index contributed by atoms with van der Waals surface area (Å²) in [7, 11) is 2.27. The second kappa shape index (κ2) is 6.61. The molecule has 0 heterocycles. The molecule has 1 aliphatic carbocycles. The first-order chi connectivity index (χ1) is 7.53. The van der Waals surface area contributed by atoms with Crippen molar-refractivity contribution in [3.63, 3.8) is 0 Å². The number of rotatable bonds is 6. The van der Waals surface area contributed by atoms with Crippen molar-refractivity contribution in [1.29, 1.82) is 0 Å². The van der Waals surface area contributed by atoms with E-state index in [1.807, 2.05) is 0 Å². The summed E-state index contributed by atoms with van der Waals surface area (Å²) in [5.74, 6) is 0.955. The van der Waals surface area contributed by atoms with E-state index in [1.54, 1.807) is 0 Å². The normalized spacial score (nSPS) is 19.3. The van der Waals surface area contributed by atoms with Crippen molar-refractivity contribution in [2.45, 2.75) is 58.4 Å². The molecule has 0 atom stereocenters. The van der Waals surface area contributed by atoms with Gasteiger partial charge in [-0.2, -0.15) is 0 Å². The molecule has 0 unspecified atom stereocenters. The van der Waals surface area contributed by atoms with Crippen molar-refractivity contribution in [1.82, 2.24) is 10.2 Å². The zero-order valence-electron chi connectivity index (χ0n) is 11.7. The van der Waals surface area contributed by atoms with Gasteiger partial charge >= 0.3 is 0 Å². The lowest BCUT2D eigenvalue weighted by molar-refractivity contribution is 0.188. The van der Waals surface area contributed by atoms with Gasteiger partial charge in [-0.15, -0.1) is 0 Å². The Hall–Kier alpha value is -0.0800. The van der Waals surface area contributed by atoms with Gasteiger partial charge in [0.15, 0.2) is 0 Å². The van der Waals surface area contributed by atoms with Crippen LogP contribution in [0.4, 0.5) is 0 Å². The molecule has 2 heteroatoms. The van der Waals surface area contributed by atoms with Gasteiger partial charge in [0.05, 0.1) is 0 Å². The minimum Gasteiger partial charge on any atom is -0.311 e. The largest absolute Gasteiger partial charge is 0.311 e. The van der Waals surface area contributed by atoms with Crippen LogP contribution in [0.25, 0.3) is 0 Å². The molecule has 0 saturated heterocycles. The number of hydrogen-bond donors (Lipinski definition) is 1. The Labute approximate surface area is 102 Å². The average Bonchev–Trinajstić information content (AvgIpc) is 2.17. The molecule has 16 heavy (non-hydrogen) atoms. The predicted molar refractivity (Wildman–Crippen MR) is 71.8 cm³/mol. The van der Waals surface area contributed by atoms with E-state index < -0.39 is 0 Å². The molecular weight excluding hydrogens is 196 g/mol. The lowest BCUT2D eigenvalue weighted by atomic mass is 9.89. The second-order valence-corrected chi connectivity index (χ2v) is 6.11. The zero-order chi connectivity index (χ0) is 12.0. The third-order valence-corrected chi connectivity index (χ3v) is 3.62. The van der Waals surface area contributed by atoms with E-state index in [0.717, 1.165) is 19.0 Å². The molecule has 1 N–H and O–H groups in total. The molecule has 0 amide bonds. The van der Waals surface area contributed by atoms with Crippen LogP contribution < -0.4 is 5.32 Å². The van der Waals surface area contributed by atoms with Gasteiger partial charge in [0.1, 0.15) is 0 Å². The number of nitrogens with one attached hydrogen (secondary N) is 1. The van der Waals surface area contributed by atoms with Crippen molar-refractivity contribution in [3.8, 4) is 0 Å². The highest BCUT2D eigenvalue weighted by Gasteiger charge is 2.21. The Kier molecular flexibility index (Phi) is 5.77. The zero-order valence-corrected chi connectivity index (χ0v) is 11.7.